The van der Waals surface area contributed by atoms with Crippen molar-refractivity contribution in [2.45, 2.75) is 17.4 Å². The minimum Gasteiger partial charge on any atom is -0.480 e. The van der Waals surface area contributed by atoms with Gasteiger partial charge in [-0.25, -0.2) is 8.42 Å². The highest BCUT2D eigenvalue weighted by Gasteiger charge is 2.28. The van der Waals surface area contributed by atoms with E-state index in [1.54, 1.807) is 6.07 Å². The van der Waals surface area contributed by atoms with Crippen molar-refractivity contribution < 1.29 is 18.3 Å². The summed E-state index contributed by atoms with van der Waals surface area (Å²) >= 11 is 0.878. The maximum atomic E-state index is 12.2. The fourth-order valence-corrected chi connectivity index (χ4v) is 3.50. The van der Waals surface area contributed by atoms with Crippen LogP contribution in [0.25, 0.3) is 0 Å². The molecular formula is C11H9N3O4S2. The van der Waals surface area contributed by atoms with Gasteiger partial charge in [0.05, 0.1) is 11.4 Å². The van der Waals surface area contributed by atoms with Crippen LogP contribution in [0, 0.1) is 12.3 Å². The Labute approximate surface area is 119 Å². The molecule has 0 aromatic heterocycles. The molecule has 0 bridgehead atoms. The van der Waals surface area contributed by atoms with Gasteiger partial charge in [0.25, 0.3) is 0 Å². The van der Waals surface area contributed by atoms with Gasteiger partial charge in [0, 0.05) is 6.42 Å². The molecule has 0 spiro atoms. The van der Waals surface area contributed by atoms with E-state index in [4.69, 9.17) is 11.5 Å². The van der Waals surface area contributed by atoms with Crippen molar-refractivity contribution in [2.24, 2.45) is 8.73 Å². The third-order valence-corrected chi connectivity index (χ3v) is 4.50. The Bertz CT molecular complexity index is 773. The number of nitrogens with zero attached hydrogens (tertiary/aromatic N) is 2. The lowest BCUT2D eigenvalue weighted by atomic mass is 10.2. The molecule has 1 atom stereocenters. The van der Waals surface area contributed by atoms with Crippen LogP contribution < -0.4 is 4.72 Å². The maximum absolute atomic E-state index is 12.2. The predicted molar refractivity (Wildman–Crippen MR) is 73.2 cm³/mol. The van der Waals surface area contributed by atoms with E-state index >= 15 is 0 Å². The quantitative estimate of drug-likeness (QED) is 0.808. The summed E-state index contributed by atoms with van der Waals surface area (Å²) in [5.74, 6) is 0.784. The smallest absolute Gasteiger partial charge is 0.322 e. The third kappa shape index (κ3) is 2.77. The van der Waals surface area contributed by atoms with Gasteiger partial charge < -0.3 is 5.11 Å². The van der Waals surface area contributed by atoms with Crippen molar-refractivity contribution in [1.29, 1.82) is 0 Å². The minimum absolute atomic E-state index is 0.118. The Morgan fingerprint density at radius 3 is 2.90 bits per heavy atom. The Morgan fingerprint density at radius 1 is 1.50 bits per heavy atom. The number of hydrogen-bond donors (Lipinski definition) is 2. The summed E-state index contributed by atoms with van der Waals surface area (Å²) in [6.45, 7) is 0. The van der Waals surface area contributed by atoms with E-state index < -0.39 is 22.0 Å². The molecule has 0 aliphatic carbocycles. The number of hydrogen-bond acceptors (Lipinski definition) is 5. The van der Waals surface area contributed by atoms with E-state index in [-0.39, 0.29) is 17.0 Å². The largest absolute Gasteiger partial charge is 0.480 e. The molecule has 0 saturated carbocycles. The summed E-state index contributed by atoms with van der Waals surface area (Å²) in [6.07, 6.45) is 4.78. The first-order valence-electron chi connectivity index (χ1n) is 5.35. The molecule has 1 aromatic rings. The van der Waals surface area contributed by atoms with Crippen LogP contribution in [-0.4, -0.2) is 25.5 Å². The van der Waals surface area contributed by atoms with Gasteiger partial charge in [0.15, 0.2) is 0 Å². The number of rotatable bonds is 5. The lowest BCUT2D eigenvalue weighted by Gasteiger charge is -2.13. The first-order valence-corrected chi connectivity index (χ1v) is 7.57. The van der Waals surface area contributed by atoms with Crippen LogP contribution in [0.4, 0.5) is 11.4 Å². The number of nitrogens with one attached hydrogen (secondary N) is 1. The van der Waals surface area contributed by atoms with E-state index in [1.165, 1.54) is 12.1 Å². The van der Waals surface area contributed by atoms with E-state index in [0.29, 0.717) is 5.69 Å². The van der Waals surface area contributed by atoms with Crippen LogP contribution in [0.2, 0.25) is 0 Å². The van der Waals surface area contributed by atoms with Crippen molar-refractivity contribution in [3.63, 3.8) is 0 Å². The van der Waals surface area contributed by atoms with Gasteiger partial charge in [-0.2, -0.15) is 13.4 Å². The van der Waals surface area contributed by atoms with E-state index in [2.05, 4.69) is 19.4 Å². The van der Waals surface area contributed by atoms with Crippen LogP contribution in [0.1, 0.15) is 6.42 Å². The van der Waals surface area contributed by atoms with Crippen LogP contribution in [0.15, 0.2) is 31.8 Å². The summed E-state index contributed by atoms with van der Waals surface area (Å²) in [4.78, 5) is 10.8. The average Bonchev–Trinajstić information content (AvgIpc) is 2.85. The Morgan fingerprint density at radius 2 is 2.25 bits per heavy atom. The second kappa shape index (κ2) is 5.54. The number of carboxylic acid groups (broad SMARTS) is 1. The number of carbonyl (C=O) groups is 1. The Balaban J connectivity index is 2.38. The molecule has 1 aliphatic heterocycles. The van der Waals surface area contributed by atoms with Gasteiger partial charge in [-0.3, -0.25) is 4.79 Å². The zero-order valence-corrected chi connectivity index (χ0v) is 11.6. The molecule has 1 aromatic carbocycles. The number of aliphatic carboxylic acids is 1. The lowest BCUT2D eigenvalue weighted by molar-refractivity contribution is -0.138. The SMILES string of the molecule is C#CCC(NS(=O)(=O)c1cccc2c1N=S=N2)C(=O)O. The van der Waals surface area contributed by atoms with Gasteiger partial charge in [-0.05, 0) is 12.1 Å². The number of carboxylic acids is 1. The molecular weight excluding hydrogens is 302 g/mol. The minimum atomic E-state index is -4.05. The standard InChI is InChI=1S/C11H9N3O4S2/c1-2-4-8(11(15)16)14-20(17,18)9-6-3-5-7-10(9)13-19-12-7/h1,3,5-6,8,14H,4H2,(H,15,16). The highest BCUT2D eigenvalue weighted by molar-refractivity contribution is 7.89. The molecule has 0 radical (unpaired) electrons. The number of fused-ring (bicyclic) bond motifs is 1. The molecule has 1 heterocycles. The normalized spacial score (nSPS) is 14.2. The van der Waals surface area contributed by atoms with Gasteiger partial charge in [0.1, 0.15) is 22.3 Å². The van der Waals surface area contributed by atoms with Crippen LogP contribution >= 0.6 is 0 Å². The van der Waals surface area contributed by atoms with Crippen LogP contribution in [0.3, 0.4) is 0 Å². The number of terminal acetylenes is 1. The third-order valence-electron chi connectivity index (χ3n) is 2.46. The fourth-order valence-electron chi connectivity index (χ4n) is 1.55. The van der Waals surface area contributed by atoms with Gasteiger partial charge in [0.2, 0.25) is 10.0 Å². The van der Waals surface area contributed by atoms with E-state index in [9.17, 15) is 13.2 Å². The van der Waals surface area contributed by atoms with Crippen molar-refractivity contribution in [2.75, 3.05) is 0 Å². The summed E-state index contributed by atoms with van der Waals surface area (Å²) in [7, 11) is -4.05. The first-order chi connectivity index (χ1) is 9.45. The Hall–Kier alpha value is -2.02. The summed E-state index contributed by atoms with van der Waals surface area (Å²) in [5, 5.41) is 8.94. The van der Waals surface area contributed by atoms with E-state index in [0.717, 1.165) is 11.4 Å². The molecule has 1 aliphatic rings. The van der Waals surface area contributed by atoms with Crippen molar-refractivity contribution in [3.8, 4) is 12.3 Å². The predicted octanol–water partition coefficient (Wildman–Crippen LogP) is 1.17. The summed E-state index contributed by atoms with van der Waals surface area (Å²) in [5.41, 5.74) is 0.636. The number of sulfonamides is 1. The molecule has 2 rings (SSSR count). The van der Waals surface area contributed by atoms with Gasteiger partial charge in [-0.1, -0.05) is 6.07 Å². The molecule has 0 fully saturated rings. The topological polar surface area (TPSA) is 108 Å². The molecule has 20 heavy (non-hydrogen) atoms. The lowest BCUT2D eigenvalue weighted by Crippen LogP contribution is -2.40. The molecule has 1 unspecified atom stereocenters. The van der Waals surface area contributed by atoms with Gasteiger partial charge in [-0.15, -0.1) is 12.3 Å². The Kier molecular flexibility index (Phi) is 3.99. The molecule has 0 amide bonds. The van der Waals surface area contributed by atoms with Crippen molar-refractivity contribution in [1.82, 2.24) is 4.72 Å². The molecule has 9 heteroatoms. The first kappa shape index (κ1) is 14.4. The van der Waals surface area contributed by atoms with Crippen LogP contribution in [0.5, 0.6) is 0 Å². The fraction of sp³-hybridized carbons (Fsp3) is 0.182. The summed E-state index contributed by atoms with van der Waals surface area (Å²) < 4.78 is 34.4. The highest BCUT2D eigenvalue weighted by atomic mass is 32.2. The maximum Gasteiger partial charge on any atom is 0.322 e. The highest BCUT2D eigenvalue weighted by Crippen LogP contribution is 2.37. The molecule has 104 valence electrons. The van der Waals surface area contributed by atoms with Crippen LogP contribution in [-0.2, 0) is 26.2 Å². The molecule has 2 N–H and O–H groups in total. The average molecular weight is 311 g/mol. The second-order valence-electron chi connectivity index (χ2n) is 3.81. The number of benzene rings is 1. The zero-order valence-electron chi connectivity index (χ0n) is 9.98. The molecule has 7 nitrogen and oxygen atoms in total. The monoisotopic (exact) mass is 311 g/mol. The summed E-state index contributed by atoms with van der Waals surface area (Å²) in [6, 6.07) is 3.08. The van der Waals surface area contributed by atoms with Crippen molar-refractivity contribution >= 4 is 38.7 Å². The zero-order chi connectivity index (χ0) is 14.8. The second-order valence-corrected chi connectivity index (χ2v) is 6.02. The van der Waals surface area contributed by atoms with Crippen molar-refractivity contribution in [3.05, 3.63) is 18.2 Å². The van der Waals surface area contributed by atoms with Gasteiger partial charge >= 0.3 is 5.97 Å². The van der Waals surface area contributed by atoms with E-state index in [1.807, 2.05) is 0 Å². The molecule has 0 saturated heterocycles.